The van der Waals surface area contributed by atoms with Crippen LogP contribution in [0.1, 0.15) is 44.4 Å². The first-order valence-corrected chi connectivity index (χ1v) is 11.1. The number of nitrogens with zero attached hydrogens (tertiary/aromatic N) is 2. The van der Waals surface area contributed by atoms with Gasteiger partial charge in [0.05, 0.1) is 21.7 Å². The first-order valence-electron chi connectivity index (χ1n) is 10.3. The number of nitrogens with one attached hydrogen (secondary N) is 3. The molecule has 8 heteroatoms. The summed E-state index contributed by atoms with van der Waals surface area (Å²) in [5.74, 6) is -0.369. The van der Waals surface area contributed by atoms with Crippen molar-refractivity contribution in [1.82, 2.24) is 15.1 Å². The number of pyridine rings is 1. The van der Waals surface area contributed by atoms with Gasteiger partial charge >= 0.3 is 5.91 Å². The summed E-state index contributed by atoms with van der Waals surface area (Å²) in [4.78, 5) is 29.9. The number of Topliss-reactive ketones (excluding diaryl/α,β-unsaturated/α-hetero) is 1. The van der Waals surface area contributed by atoms with E-state index < -0.39 is 11.8 Å². The van der Waals surface area contributed by atoms with E-state index in [-0.39, 0.29) is 17.1 Å². The number of allylic oxidation sites excluding steroid dienone is 3. The van der Waals surface area contributed by atoms with Crippen LogP contribution in [0.4, 0.5) is 5.82 Å². The van der Waals surface area contributed by atoms with E-state index >= 15 is 0 Å². The molecule has 0 spiro atoms. The smallest absolute Gasteiger partial charge is 0.337 e. The molecule has 0 saturated carbocycles. The molecule has 2 aliphatic rings. The lowest BCUT2D eigenvalue weighted by atomic mass is 9.66. The highest BCUT2D eigenvalue weighted by molar-refractivity contribution is 9.10. The quantitative estimate of drug-likeness (QED) is 0.698. The van der Waals surface area contributed by atoms with Crippen LogP contribution in [0, 0.1) is 18.3 Å². The number of hydrogen-bond acceptors (Lipinski definition) is 4. The van der Waals surface area contributed by atoms with Crippen LogP contribution in [0.25, 0.3) is 0 Å². The summed E-state index contributed by atoms with van der Waals surface area (Å²) in [6, 6.07) is 3.64. The van der Waals surface area contributed by atoms with Gasteiger partial charge in [-0.15, -0.1) is 0 Å². The molecule has 4 rings (SSSR count). The third-order valence-corrected chi connectivity index (χ3v) is 6.39. The fourth-order valence-corrected chi connectivity index (χ4v) is 4.95. The van der Waals surface area contributed by atoms with Crippen LogP contribution >= 0.6 is 15.9 Å². The molecular formula is C23H27BrN5O2+. The average Bonchev–Trinajstić information content (AvgIpc) is 2.99. The van der Waals surface area contributed by atoms with Gasteiger partial charge in [-0.2, -0.15) is 5.10 Å². The SMILES string of the molecule is CC1=C(C(=O)Nc2ccc(Br)c[nH+]2)C(c2cn(C)nc2C)C2C(=O)CC(C)(C)C=C2N1. The standard InChI is InChI=1S/C23H26BrN5O2/c1-12-15(11-29(5)28-12)20-19(22(31)27-18-7-6-14(24)10-25-18)13(2)26-16-8-23(3,4)9-17(30)21(16)20/h6-8,10-11,20-21,26H,9H2,1-5H3,(H,25,27,31)/p+1. The molecule has 7 nitrogen and oxygen atoms in total. The van der Waals surface area contributed by atoms with Crippen molar-refractivity contribution >= 4 is 33.4 Å². The van der Waals surface area contributed by atoms with Gasteiger partial charge in [0.1, 0.15) is 12.0 Å². The maximum absolute atomic E-state index is 13.5. The molecule has 0 fully saturated rings. The maximum atomic E-state index is 13.5. The van der Waals surface area contributed by atoms with Gasteiger partial charge < -0.3 is 5.32 Å². The number of rotatable bonds is 3. The zero-order chi connectivity index (χ0) is 22.5. The van der Waals surface area contributed by atoms with Crippen molar-refractivity contribution in [2.24, 2.45) is 18.4 Å². The summed E-state index contributed by atoms with van der Waals surface area (Å²) in [7, 11) is 1.85. The van der Waals surface area contributed by atoms with Gasteiger partial charge in [0, 0.05) is 48.6 Å². The fraction of sp³-hybridized carbons (Fsp3) is 0.391. The summed E-state index contributed by atoms with van der Waals surface area (Å²) < 4.78 is 2.62. The van der Waals surface area contributed by atoms with E-state index in [4.69, 9.17) is 0 Å². The summed E-state index contributed by atoms with van der Waals surface area (Å²) in [6.45, 7) is 7.93. The van der Waals surface area contributed by atoms with Gasteiger partial charge in [0.15, 0.2) is 0 Å². The summed E-state index contributed by atoms with van der Waals surface area (Å²) >= 11 is 3.39. The van der Waals surface area contributed by atoms with Crippen molar-refractivity contribution in [2.75, 3.05) is 5.32 Å². The van der Waals surface area contributed by atoms with Gasteiger partial charge in [-0.3, -0.25) is 9.48 Å². The number of aromatic nitrogens is 3. The van der Waals surface area contributed by atoms with Crippen LogP contribution in [0.2, 0.25) is 0 Å². The van der Waals surface area contributed by atoms with E-state index in [9.17, 15) is 9.59 Å². The summed E-state index contributed by atoms with van der Waals surface area (Å²) in [5.41, 5.74) is 3.67. The second-order valence-corrected chi connectivity index (χ2v) is 9.98. The highest BCUT2D eigenvalue weighted by Gasteiger charge is 2.47. The van der Waals surface area contributed by atoms with E-state index in [0.29, 0.717) is 17.8 Å². The molecule has 1 amide bonds. The third-order valence-electron chi connectivity index (χ3n) is 5.89. The number of carbonyl (C=O) groups is 2. The number of carbonyl (C=O) groups excluding carboxylic acids is 2. The number of aryl methyl sites for hydroxylation is 2. The molecule has 0 aromatic carbocycles. The van der Waals surface area contributed by atoms with E-state index in [1.807, 2.05) is 33.2 Å². The molecular weight excluding hydrogens is 458 g/mol. The van der Waals surface area contributed by atoms with Crippen molar-refractivity contribution in [3.8, 4) is 0 Å². The van der Waals surface area contributed by atoms with Crippen molar-refractivity contribution < 1.29 is 14.6 Å². The minimum atomic E-state index is -0.436. The minimum Gasteiger partial charge on any atom is -0.362 e. The second kappa shape index (κ2) is 7.75. The Hall–Kier alpha value is -2.74. The predicted octanol–water partition coefficient (Wildman–Crippen LogP) is 3.40. The summed E-state index contributed by atoms with van der Waals surface area (Å²) in [6.07, 6.45) is 6.25. The number of hydrogen-bond donors (Lipinski definition) is 2. The maximum Gasteiger partial charge on any atom is 0.337 e. The molecule has 3 heterocycles. The molecule has 2 aromatic heterocycles. The van der Waals surface area contributed by atoms with E-state index in [1.54, 1.807) is 16.9 Å². The van der Waals surface area contributed by atoms with Gasteiger partial charge in [0.25, 0.3) is 5.82 Å². The molecule has 0 saturated heterocycles. The molecule has 0 radical (unpaired) electrons. The van der Waals surface area contributed by atoms with Crippen LogP contribution in [-0.2, 0) is 16.6 Å². The normalized spacial score (nSPS) is 22.5. The van der Waals surface area contributed by atoms with E-state index in [2.05, 4.69) is 56.6 Å². The van der Waals surface area contributed by atoms with Gasteiger partial charge in [0.2, 0.25) is 0 Å². The van der Waals surface area contributed by atoms with Crippen LogP contribution in [0.5, 0.6) is 0 Å². The number of anilines is 1. The monoisotopic (exact) mass is 484 g/mol. The van der Waals surface area contributed by atoms with Crippen molar-refractivity contribution in [1.29, 1.82) is 0 Å². The van der Waals surface area contributed by atoms with Crippen molar-refractivity contribution in [3.63, 3.8) is 0 Å². The van der Waals surface area contributed by atoms with Crippen molar-refractivity contribution in [3.05, 3.63) is 63.3 Å². The van der Waals surface area contributed by atoms with Crippen LogP contribution in [0.3, 0.4) is 0 Å². The van der Waals surface area contributed by atoms with E-state index in [1.165, 1.54) is 0 Å². The second-order valence-electron chi connectivity index (χ2n) is 9.07. The van der Waals surface area contributed by atoms with Crippen LogP contribution in [0.15, 0.2) is 52.0 Å². The van der Waals surface area contributed by atoms with Gasteiger partial charge in [-0.1, -0.05) is 19.9 Å². The molecule has 0 bridgehead atoms. The lowest BCUT2D eigenvalue weighted by Gasteiger charge is -2.41. The molecule has 2 aromatic rings. The van der Waals surface area contributed by atoms with Crippen molar-refractivity contribution in [2.45, 2.75) is 40.0 Å². The Labute approximate surface area is 190 Å². The average molecular weight is 485 g/mol. The zero-order valence-electron chi connectivity index (χ0n) is 18.3. The topological polar surface area (TPSA) is 90.2 Å². The molecule has 1 aliphatic heterocycles. The number of fused-ring (bicyclic) bond motifs is 1. The Morgan fingerprint density at radius 3 is 2.68 bits per heavy atom. The van der Waals surface area contributed by atoms with Crippen LogP contribution in [-0.4, -0.2) is 21.5 Å². The zero-order valence-corrected chi connectivity index (χ0v) is 19.9. The first-order chi connectivity index (χ1) is 14.6. The van der Waals surface area contributed by atoms with Crippen LogP contribution < -0.4 is 15.6 Å². The van der Waals surface area contributed by atoms with Gasteiger partial charge in [-0.25, -0.2) is 15.1 Å². The lowest BCUT2D eigenvalue weighted by molar-refractivity contribution is -0.361. The number of amides is 1. The third kappa shape index (κ3) is 4.08. The first kappa shape index (κ1) is 21.5. The van der Waals surface area contributed by atoms with E-state index in [0.717, 1.165) is 27.1 Å². The molecule has 162 valence electrons. The molecule has 2 unspecified atom stereocenters. The largest absolute Gasteiger partial charge is 0.362 e. The Morgan fingerprint density at radius 2 is 2.06 bits per heavy atom. The number of ketones is 1. The highest BCUT2D eigenvalue weighted by Crippen LogP contribution is 2.47. The number of halogens is 1. The lowest BCUT2D eigenvalue weighted by Crippen LogP contribution is -2.44. The Bertz CT molecular complexity index is 1130. The Balaban J connectivity index is 1.83. The summed E-state index contributed by atoms with van der Waals surface area (Å²) in [5, 5.41) is 10.8. The fourth-order valence-electron chi connectivity index (χ4n) is 4.70. The highest BCUT2D eigenvalue weighted by atomic mass is 79.9. The predicted molar refractivity (Wildman–Crippen MR) is 121 cm³/mol. The minimum absolute atomic E-state index is 0.135. The Kier molecular flexibility index (Phi) is 5.37. The Morgan fingerprint density at radius 1 is 1.32 bits per heavy atom. The number of H-pyrrole nitrogens is 1. The molecule has 1 aliphatic carbocycles. The molecule has 3 N–H and O–H groups in total. The molecule has 2 atom stereocenters. The van der Waals surface area contributed by atoms with Gasteiger partial charge in [-0.05, 0) is 41.3 Å². The molecule has 31 heavy (non-hydrogen) atoms. The number of aromatic amines is 1.